The lowest BCUT2D eigenvalue weighted by atomic mass is 9.64. The molecule has 0 radical (unpaired) electrons. The van der Waals surface area contributed by atoms with Gasteiger partial charge in [0, 0.05) is 0 Å². The van der Waals surface area contributed by atoms with Gasteiger partial charge in [0.15, 0.2) is 0 Å². The molecule has 5 aliphatic rings. The molecule has 4 aliphatic carbocycles. The molecule has 1 heterocycles. The average Bonchev–Trinajstić information content (AvgIpc) is 2.77. The molecule has 0 spiro atoms. The van der Waals surface area contributed by atoms with Gasteiger partial charge in [0.05, 0.1) is 0 Å². The molecule has 2 saturated carbocycles. The standard InChI is InChI=1S/C11H14S/c1-2-7-9-3-8(9)6(1)10-4-12-5-11(7)10/h1-2,6-11H,3-5H2/t6-,7-,8+,9+,10-,11+/m1/s1. The maximum Gasteiger partial charge on any atom is -0.00301 e. The highest BCUT2D eigenvalue weighted by atomic mass is 32.2. The van der Waals surface area contributed by atoms with Crippen molar-refractivity contribution in [2.24, 2.45) is 35.5 Å². The molecule has 0 aromatic heterocycles. The summed E-state index contributed by atoms with van der Waals surface area (Å²) in [5, 5.41) is 0. The second kappa shape index (κ2) is 1.95. The molecule has 0 nitrogen and oxygen atoms in total. The minimum atomic E-state index is 1.01. The van der Waals surface area contributed by atoms with Gasteiger partial charge >= 0.3 is 0 Å². The van der Waals surface area contributed by atoms with E-state index < -0.39 is 0 Å². The van der Waals surface area contributed by atoms with Crippen molar-refractivity contribution in [2.75, 3.05) is 11.5 Å². The summed E-state index contributed by atoms with van der Waals surface area (Å²) in [6.07, 6.45) is 6.69. The molecule has 0 aromatic rings. The zero-order chi connectivity index (χ0) is 7.71. The molecule has 3 fully saturated rings. The maximum atomic E-state index is 2.56. The van der Waals surface area contributed by atoms with Crippen LogP contribution in [0.3, 0.4) is 0 Å². The summed E-state index contributed by atoms with van der Waals surface area (Å²) in [4.78, 5) is 0. The lowest BCUT2D eigenvalue weighted by Crippen LogP contribution is -2.37. The Hall–Kier alpha value is 0.0900. The fourth-order valence-corrected chi connectivity index (χ4v) is 5.58. The number of hydrogen-bond donors (Lipinski definition) is 0. The average molecular weight is 178 g/mol. The van der Waals surface area contributed by atoms with Crippen LogP contribution in [0.2, 0.25) is 0 Å². The minimum absolute atomic E-state index is 1.01. The van der Waals surface area contributed by atoms with Crippen molar-refractivity contribution in [3.63, 3.8) is 0 Å². The van der Waals surface area contributed by atoms with Gasteiger partial charge in [-0.05, 0) is 53.4 Å². The summed E-state index contributed by atoms with van der Waals surface area (Å²) < 4.78 is 0. The van der Waals surface area contributed by atoms with Crippen molar-refractivity contribution < 1.29 is 0 Å². The Bertz CT molecular complexity index is 234. The van der Waals surface area contributed by atoms with Crippen molar-refractivity contribution in [3.8, 4) is 0 Å². The Balaban J connectivity index is 1.83. The van der Waals surface area contributed by atoms with Crippen molar-refractivity contribution in [3.05, 3.63) is 12.2 Å². The third-order valence-corrected chi connectivity index (χ3v) is 5.84. The van der Waals surface area contributed by atoms with E-state index in [0.717, 1.165) is 35.5 Å². The van der Waals surface area contributed by atoms with E-state index in [1.54, 1.807) is 6.42 Å². The summed E-state index contributed by atoms with van der Waals surface area (Å²) in [6.45, 7) is 0. The lowest BCUT2D eigenvalue weighted by molar-refractivity contribution is 0.156. The van der Waals surface area contributed by atoms with Crippen LogP contribution in [0.25, 0.3) is 0 Å². The number of hydrogen-bond acceptors (Lipinski definition) is 1. The molecule has 64 valence electrons. The van der Waals surface area contributed by atoms with Crippen LogP contribution in [0.1, 0.15) is 6.42 Å². The van der Waals surface area contributed by atoms with E-state index in [4.69, 9.17) is 0 Å². The van der Waals surface area contributed by atoms with Crippen LogP contribution in [-0.2, 0) is 0 Å². The van der Waals surface area contributed by atoms with Gasteiger partial charge in [-0.25, -0.2) is 0 Å². The van der Waals surface area contributed by atoms with E-state index in [1.807, 2.05) is 0 Å². The predicted octanol–water partition coefficient (Wildman–Crippen LogP) is 2.42. The van der Waals surface area contributed by atoms with Crippen LogP contribution < -0.4 is 0 Å². The second-order valence-corrected chi connectivity index (χ2v) is 6.04. The number of thioether (sulfide) groups is 1. The first-order valence-corrected chi connectivity index (χ1v) is 6.37. The predicted molar refractivity (Wildman–Crippen MR) is 52.0 cm³/mol. The van der Waals surface area contributed by atoms with Gasteiger partial charge in [0.1, 0.15) is 0 Å². The Morgan fingerprint density at radius 1 is 0.833 bits per heavy atom. The molecule has 0 aromatic carbocycles. The summed E-state index contributed by atoms with van der Waals surface area (Å²) in [5.41, 5.74) is 0. The van der Waals surface area contributed by atoms with Crippen LogP contribution >= 0.6 is 11.8 Å². The molecule has 0 N–H and O–H groups in total. The highest BCUT2D eigenvalue weighted by molar-refractivity contribution is 7.99. The molecule has 12 heavy (non-hydrogen) atoms. The van der Waals surface area contributed by atoms with Gasteiger partial charge < -0.3 is 0 Å². The van der Waals surface area contributed by atoms with E-state index in [9.17, 15) is 0 Å². The van der Waals surface area contributed by atoms with Crippen LogP contribution in [-0.4, -0.2) is 11.5 Å². The van der Waals surface area contributed by atoms with Crippen molar-refractivity contribution >= 4 is 11.8 Å². The zero-order valence-electron chi connectivity index (χ0n) is 7.15. The molecular formula is C11H14S. The minimum Gasteiger partial charge on any atom is -0.161 e. The molecule has 0 unspecified atom stereocenters. The van der Waals surface area contributed by atoms with E-state index in [1.165, 1.54) is 11.5 Å². The summed E-state index contributed by atoms with van der Waals surface area (Å²) in [6, 6.07) is 0. The Kier molecular flexibility index (Phi) is 1.06. The molecule has 6 atom stereocenters. The third-order valence-electron chi connectivity index (χ3n) is 4.59. The molecule has 1 saturated heterocycles. The van der Waals surface area contributed by atoms with E-state index >= 15 is 0 Å². The van der Waals surface area contributed by atoms with Crippen molar-refractivity contribution in [1.82, 2.24) is 0 Å². The fourth-order valence-electron chi connectivity index (χ4n) is 3.96. The summed E-state index contributed by atoms with van der Waals surface area (Å²) in [7, 11) is 0. The van der Waals surface area contributed by atoms with Crippen LogP contribution in [0, 0.1) is 35.5 Å². The summed E-state index contributed by atoms with van der Waals surface area (Å²) in [5.74, 6) is 9.43. The Labute approximate surface area is 77.8 Å². The van der Waals surface area contributed by atoms with Gasteiger partial charge in [-0.15, -0.1) is 0 Å². The first kappa shape index (κ1) is 6.53. The number of rotatable bonds is 0. The molecule has 2 bridgehead atoms. The van der Waals surface area contributed by atoms with E-state index in [0.29, 0.717) is 0 Å². The van der Waals surface area contributed by atoms with Gasteiger partial charge in [-0.2, -0.15) is 11.8 Å². The topological polar surface area (TPSA) is 0 Å². The summed E-state index contributed by atoms with van der Waals surface area (Å²) >= 11 is 2.21. The Morgan fingerprint density at radius 3 is 2.00 bits per heavy atom. The zero-order valence-corrected chi connectivity index (χ0v) is 7.96. The van der Waals surface area contributed by atoms with Crippen LogP contribution in [0.5, 0.6) is 0 Å². The highest BCUT2D eigenvalue weighted by Crippen LogP contribution is 2.65. The van der Waals surface area contributed by atoms with Crippen molar-refractivity contribution in [1.29, 1.82) is 0 Å². The normalized spacial score (nSPS) is 64.7. The molecule has 0 amide bonds. The number of allylic oxidation sites excluding steroid dienone is 2. The van der Waals surface area contributed by atoms with Crippen LogP contribution in [0.15, 0.2) is 12.2 Å². The first-order valence-electron chi connectivity index (χ1n) is 5.21. The van der Waals surface area contributed by atoms with Gasteiger partial charge in [-0.1, -0.05) is 12.2 Å². The van der Waals surface area contributed by atoms with Crippen molar-refractivity contribution in [2.45, 2.75) is 6.42 Å². The molecule has 1 heteroatoms. The van der Waals surface area contributed by atoms with Crippen LogP contribution in [0.4, 0.5) is 0 Å². The third kappa shape index (κ3) is 0.606. The first-order chi connectivity index (χ1) is 5.95. The van der Waals surface area contributed by atoms with E-state index in [2.05, 4.69) is 23.9 Å². The Morgan fingerprint density at radius 2 is 1.42 bits per heavy atom. The van der Waals surface area contributed by atoms with Gasteiger partial charge in [-0.3, -0.25) is 0 Å². The van der Waals surface area contributed by atoms with Gasteiger partial charge in [0.25, 0.3) is 0 Å². The van der Waals surface area contributed by atoms with Gasteiger partial charge in [0.2, 0.25) is 0 Å². The van der Waals surface area contributed by atoms with E-state index in [-0.39, 0.29) is 0 Å². The SMILES string of the molecule is C1=C[C@H]2[C@@H]3CSC[C@@H]3[C@H]1[C@@H]1C[C@@H]21. The largest absolute Gasteiger partial charge is 0.161 e. The quantitative estimate of drug-likeness (QED) is 0.513. The fraction of sp³-hybridized carbons (Fsp3) is 0.818. The monoisotopic (exact) mass is 178 g/mol. The smallest absolute Gasteiger partial charge is 0.00301 e. The molecule has 5 rings (SSSR count). The lowest BCUT2D eigenvalue weighted by Gasteiger charge is -2.40. The second-order valence-electron chi connectivity index (χ2n) is 4.97. The highest BCUT2D eigenvalue weighted by Gasteiger charge is 2.59. The molecular weight excluding hydrogens is 164 g/mol. The maximum absolute atomic E-state index is 2.56. The molecule has 1 aliphatic heterocycles.